The molecule has 128 valence electrons. The molecule has 0 aromatic heterocycles. The predicted octanol–water partition coefficient (Wildman–Crippen LogP) is 2.69. The molecule has 1 N–H and O–H groups in total. The summed E-state index contributed by atoms with van der Waals surface area (Å²) in [4.78, 5) is 0.310. The van der Waals surface area contributed by atoms with Gasteiger partial charge in [-0.1, -0.05) is 48.5 Å². The minimum atomic E-state index is -3.52. The van der Waals surface area contributed by atoms with E-state index in [1.54, 1.807) is 30.3 Å². The maximum Gasteiger partial charge on any atom is 0.243 e. The predicted molar refractivity (Wildman–Crippen MR) is 94.1 cm³/mol. The van der Waals surface area contributed by atoms with Crippen LogP contribution in [0.25, 0.3) is 0 Å². The average Bonchev–Trinajstić information content (AvgIpc) is 2.58. The first-order chi connectivity index (χ1) is 11.4. The molecule has 2 aromatic rings. The Kier molecular flexibility index (Phi) is 4.76. The lowest BCUT2D eigenvalue weighted by Gasteiger charge is -2.42. The molecule has 0 saturated carbocycles. The third-order valence-electron chi connectivity index (χ3n) is 4.88. The van der Waals surface area contributed by atoms with Gasteiger partial charge >= 0.3 is 0 Å². The first-order valence-corrected chi connectivity index (χ1v) is 9.65. The van der Waals surface area contributed by atoms with Crippen LogP contribution >= 0.6 is 0 Å². The Balaban J connectivity index is 1.83. The van der Waals surface area contributed by atoms with Crippen molar-refractivity contribution in [1.82, 2.24) is 4.31 Å². The van der Waals surface area contributed by atoms with Crippen LogP contribution < -0.4 is 0 Å². The monoisotopic (exact) mass is 345 g/mol. The Morgan fingerprint density at radius 1 is 1.08 bits per heavy atom. The van der Waals surface area contributed by atoms with Gasteiger partial charge in [-0.3, -0.25) is 0 Å². The highest BCUT2D eigenvalue weighted by Gasteiger charge is 2.41. The summed E-state index contributed by atoms with van der Waals surface area (Å²) in [7, 11) is -3.52. The average molecular weight is 345 g/mol. The summed E-state index contributed by atoms with van der Waals surface area (Å²) in [6.45, 7) is 2.49. The lowest BCUT2D eigenvalue weighted by atomic mass is 9.79. The zero-order valence-corrected chi connectivity index (χ0v) is 14.6. The molecule has 4 nitrogen and oxygen atoms in total. The molecule has 1 aliphatic heterocycles. The fourth-order valence-corrected chi connectivity index (χ4v) is 4.74. The van der Waals surface area contributed by atoms with Crippen molar-refractivity contribution in [1.29, 1.82) is 0 Å². The van der Waals surface area contributed by atoms with E-state index < -0.39 is 15.6 Å². The Labute approximate surface area is 143 Å². The molecule has 1 heterocycles. The molecule has 5 heteroatoms. The third-order valence-corrected chi connectivity index (χ3v) is 6.76. The second-order valence-electron chi connectivity index (χ2n) is 6.67. The summed E-state index contributed by atoms with van der Waals surface area (Å²) in [5.41, 5.74) is 0.250. The number of benzene rings is 2. The Morgan fingerprint density at radius 3 is 2.29 bits per heavy atom. The molecule has 0 unspecified atom stereocenters. The SMILES string of the molecule is C[C@@]1(O)CCN(S(=O)(=O)c2ccccc2)C[C@@H]1Cc1ccccc1. The summed E-state index contributed by atoms with van der Waals surface area (Å²) >= 11 is 0. The zero-order chi connectivity index (χ0) is 17.2. The first-order valence-electron chi connectivity index (χ1n) is 8.21. The highest BCUT2D eigenvalue weighted by atomic mass is 32.2. The maximum absolute atomic E-state index is 12.8. The summed E-state index contributed by atoms with van der Waals surface area (Å²) in [5.74, 6) is -0.132. The van der Waals surface area contributed by atoms with Gasteiger partial charge in [0.05, 0.1) is 10.5 Å². The van der Waals surface area contributed by atoms with Gasteiger partial charge in [0.25, 0.3) is 0 Å². The molecule has 1 saturated heterocycles. The van der Waals surface area contributed by atoms with E-state index in [1.807, 2.05) is 37.3 Å². The topological polar surface area (TPSA) is 57.6 Å². The highest BCUT2D eigenvalue weighted by molar-refractivity contribution is 7.89. The van der Waals surface area contributed by atoms with Crippen LogP contribution in [0.3, 0.4) is 0 Å². The van der Waals surface area contributed by atoms with E-state index in [9.17, 15) is 13.5 Å². The van der Waals surface area contributed by atoms with Crippen LogP contribution in [0.15, 0.2) is 65.6 Å². The third kappa shape index (κ3) is 3.53. The van der Waals surface area contributed by atoms with Gasteiger partial charge in [0, 0.05) is 19.0 Å². The van der Waals surface area contributed by atoms with Crippen molar-refractivity contribution in [3.63, 3.8) is 0 Å². The molecule has 0 radical (unpaired) electrons. The van der Waals surface area contributed by atoms with Crippen LogP contribution in [0.2, 0.25) is 0 Å². The summed E-state index contributed by atoms with van der Waals surface area (Å²) < 4.78 is 27.2. The van der Waals surface area contributed by atoms with Crippen molar-refractivity contribution < 1.29 is 13.5 Å². The summed E-state index contributed by atoms with van der Waals surface area (Å²) in [5, 5.41) is 10.7. The number of sulfonamides is 1. The second-order valence-corrected chi connectivity index (χ2v) is 8.61. The van der Waals surface area contributed by atoms with Crippen molar-refractivity contribution in [3.8, 4) is 0 Å². The minimum absolute atomic E-state index is 0.132. The van der Waals surface area contributed by atoms with Gasteiger partial charge in [0.1, 0.15) is 0 Å². The van der Waals surface area contributed by atoms with Crippen molar-refractivity contribution in [2.75, 3.05) is 13.1 Å². The smallest absolute Gasteiger partial charge is 0.243 e. The molecule has 1 aliphatic rings. The normalized spacial score (nSPS) is 25.5. The maximum atomic E-state index is 12.8. The molecule has 2 aromatic carbocycles. The number of piperidine rings is 1. The molecular weight excluding hydrogens is 322 g/mol. The molecule has 0 spiro atoms. The van der Waals surface area contributed by atoms with Crippen molar-refractivity contribution in [2.45, 2.75) is 30.3 Å². The number of hydrogen-bond acceptors (Lipinski definition) is 3. The summed E-state index contributed by atoms with van der Waals surface area (Å²) in [6.07, 6.45) is 1.10. The fraction of sp³-hybridized carbons (Fsp3) is 0.368. The van der Waals surface area contributed by atoms with E-state index in [2.05, 4.69) is 0 Å². The largest absolute Gasteiger partial charge is 0.390 e. The van der Waals surface area contributed by atoms with Gasteiger partial charge in [0.15, 0.2) is 0 Å². The van der Waals surface area contributed by atoms with Crippen LogP contribution in [0.5, 0.6) is 0 Å². The molecular formula is C19H23NO3S. The Hall–Kier alpha value is -1.69. The van der Waals surface area contributed by atoms with E-state index in [0.29, 0.717) is 30.8 Å². The van der Waals surface area contributed by atoms with Crippen molar-refractivity contribution >= 4 is 10.0 Å². The van der Waals surface area contributed by atoms with E-state index in [-0.39, 0.29) is 5.92 Å². The van der Waals surface area contributed by atoms with Gasteiger partial charge < -0.3 is 5.11 Å². The van der Waals surface area contributed by atoms with Gasteiger partial charge in [-0.25, -0.2) is 8.42 Å². The van der Waals surface area contributed by atoms with E-state index in [4.69, 9.17) is 0 Å². The molecule has 24 heavy (non-hydrogen) atoms. The van der Waals surface area contributed by atoms with Gasteiger partial charge in [-0.2, -0.15) is 4.31 Å². The molecule has 0 bridgehead atoms. The molecule has 0 aliphatic carbocycles. The molecule has 2 atom stereocenters. The van der Waals surface area contributed by atoms with Crippen LogP contribution in [0.4, 0.5) is 0 Å². The number of aliphatic hydroxyl groups is 1. The van der Waals surface area contributed by atoms with E-state index in [0.717, 1.165) is 5.56 Å². The number of nitrogens with zero attached hydrogens (tertiary/aromatic N) is 1. The molecule has 0 amide bonds. The van der Waals surface area contributed by atoms with Gasteiger partial charge in [0.2, 0.25) is 10.0 Å². The number of hydrogen-bond donors (Lipinski definition) is 1. The lowest BCUT2D eigenvalue weighted by molar-refractivity contribution is -0.0406. The van der Waals surface area contributed by atoms with Crippen LogP contribution in [-0.2, 0) is 16.4 Å². The van der Waals surface area contributed by atoms with Crippen LogP contribution in [0, 0.1) is 5.92 Å². The Bertz CT molecular complexity index is 773. The van der Waals surface area contributed by atoms with Crippen molar-refractivity contribution in [2.24, 2.45) is 5.92 Å². The zero-order valence-electron chi connectivity index (χ0n) is 13.8. The van der Waals surface area contributed by atoms with E-state index in [1.165, 1.54) is 4.31 Å². The number of rotatable bonds is 4. The fourth-order valence-electron chi connectivity index (χ4n) is 3.23. The standard InChI is InChI=1S/C19H23NO3S/c1-19(21)12-13-20(24(22,23)18-10-6-3-7-11-18)15-17(19)14-16-8-4-2-5-9-16/h2-11,17,21H,12-15H2,1H3/t17-,19+/m0/s1. The molecule has 1 fully saturated rings. The van der Waals surface area contributed by atoms with Gasteiger partial charge in [-0.05, 0) is 37.5 Å². The first kappa shape index (κ1) is 17.1. The Morgan fingerprint density at radius 2 is 1.67 bits per heavy atom. The van der Waals surface area contributed by atoms with E-state index >= 15 is 0 Å². The van der Waals surface area contributed by atoms with Crippen molar-refractivity contribution in [3.05, 3.63) is 66.2 Å². The minimum Gasteiger partial charge on any atom is -0.390 e. The van der Waals surface area contributed by atoms with Crippen LogP contribution in [0.1, 0.15) is 18.9 Å². The molecule has 3 rings (SSSR count). The highest BCUT2D eigenvalue weighted by Crippen LogP contribution is 2.33. The van der Waals surface area contributed by atoms with Crippen LogP contribution in [-0.4, -0.2) is 36.5 Å². The van der Waals surface area contributed by atoms with Gasteiger partial charge in [-0.15, -0.1) is 0 Å². The lowest BCUT2D eigenvalue weighted by Crippen LogP contribution is -2.52. The quantitative estimate of drug-likeness (QED) is 0.927. The summed E-state index contributed by atoms with van der Waals surface area (Å²) in [6, 6.07) is 18.4. The second kappa shape index (κ2) is 6.67.